The van der Waals surface area contributed by atoms with Crippen LogP contribution in [0.1, 0.15) is 26.7 Å². The molecule has 0 bridgehead atoms. The molecule has 14 heavy (non-hydrogen) atoms. The monoisotopic (exact) mass is 203 g/mol. The Hall–Kier alpha value is -0.610. The molecule has 1 amide bonds. The van der Waals surface area contributed by atoms with Crippen molar-refractivity contribution >= 4 is 5.91 Å². The van der Waals surface area contributed by atoms with Gasteiger partial charge in [-0.2, -0.15) is 0 Å². The lowest BCUT2D eigenvalue weighted by Crippen LogP contribution is -2.39. The Morgan fingerprint density at radius 2 is 1.57 bits per heavy atom. The zero-order valence-corrected chi connectivity index (χ0v) is 9.07. The molecule has 0 spiro atoms. The van der Waals surface area contributed by atoms with Crippen LogP contribution >= 0.6 is 0 Å². The molecule has 0 fully saturated rings. The van der Waals surface area contributed by atoms with Crippen LogP contribution in [0.25, 0.3) is 0 Å². The molecule has 0 aliphatic carbocycles. The SMILES string of the molecule is CCC(CC)C(=O)N(CCO)CCO. The fourth-order valence-corrected chi connectivity index (χ4v) is 1.47. The molecule has 0 aromatic rings. The van der Waals surface area contributed by atoms with E-state index in [0.29, 0.717) is 13.1 Å². The van der Waals surface area contributed by atoms with Crippen molar-refractivity contribution in [3.05, 3.63) is 0 Å². The lowest BCUT2D eigenvalue weighted by molar-refractivity contribution is -0.136. The van der Waals surface area contributed by atoms with E-state index >= 15 is 0 Å². The summed E-state index contributed by atoms with van der Waals surface area (Å²) in [5.41, 5.74) is 0. The van der Waals surface area contributed by atoms with Gasteiger partial charge in [0.05, 0.1) is 13.2 Å². The number of hydrogen-bond donors (Lipinski definition) is 2. The molecule has 0 rings (SSSR count). The molecule has 0 heterocycles. The third kappa shape index (κ3) is 4.07. The molecular weight excluding hydrogens is 182 g/mol. The van der Waals surface area contributed by atoms with Gasteiger partial charge in [0.1, 0.15) is 0 Å². The topological polar surface area (TPSA) is 60.8 Å². The molecular formula is C10H21NO3. The first-order chi connectivity index (χ1) is 6.71. The van der Waals surface area contributed by atoms with Crippen molar-refractivity contribution in [2.45, 2.75) is 26.7 Å². The fraction of sp³-hybridized carbons (Fsp3) is 0.900. The van der Waals surface area contributed by atoms with Gasteiger partial charge in [-0.15, -0.1) is 0 Å². The van der Waals surface area contributed by atoms with Gasteiger partial charge in [-0.1, -0.05) is 13.8 Å². The minimum atomic E-state index is -0.0497. The average Bonchev–Trinajstić information content (AvgIpc) is 2.19. The van der Waals surface area contributed by atoms with E-state index in [4.69, 9.17) is 10.2 Å². The Morgan fingerprint density at radius 1 is 1.14 bits per heavy atom. The van der Waals surface area contributed by atoms with Crippen LogP contribution in [0.5, 0.6) is 0 Å². The highest BCUT2D eigenvalue weighted by Gasteiger charge is 2.20. The molecule has 0 unspecified atom stereocenters. The second-order valence-corrected chi connectivity index (χ2v) is 3.29. The first kappa shape index (κ1) is 13.4. The van der Waals surface area contributed by atoms with Gasteiger partial charge in [0, 0.05) is 19.0 Å². The number of rotatable bonds is 7. The van der Waals surface area contributed by atoms with Crippen molar-refractivity contribution in [2.24, 2.45) is 5.92 Å². The maximum atomic E-state index is 11.8. The molecule has 84 valence electrons. The van der Waals surface area contributed by atoms with Crippen LogP contribution in [-0.4, -0.2) is 47.3 Å². The molecule has 0 aliphatic heterocycles. The zero-order chi connectivity index (χ0) is 11.0. The number of hydrogen-bond acceptors (Lipinski definition) is 3. The number of carbonyl (C=O) groups is 1. The van der Waals surface area contributed by atoms with Gasteiger partial charge in [0.25, 0.3) is 0 Å². The molecule has 4 heteroatoms. The highest BCUT2D eigenvalue weighted by molar-refractivity contribution is 5.78. The van der Waals surface area contributed by atoms with Crippen molar-refractivity contribution in [3.8, 4) is 0 Å². The van der Waals surface area contributed by atoms with Crippen LogP contribution in [0.3, 0.4) is 0 Å². The zero-order valence-electron chi connectivity index (χ0n) is 9.07. The van der Waals surface area contributed by atoms with E-state index in [1.165, 1.54) is 4.90 Å². The number of amides is 1. The molecule has 2 N–H and O–H groups in total. The van der Waals surface area contributed by atoms with Gasteiger partial charge in [0.15, 0.2) is 0 Å². The first-order valence-corrected chi connectivity index (χ1v) is 5.21. The van der Waals surface area contributed by atoms with Crippen LogP contribution < -0.4 is 0 Å². The van der Waals surface area contributed by atoms with E-state index in [9.17, 15) is 4.79 Å². The van der Waals surface area contributed by atoms with Crippen molar-refractivity contribution in [3.63, 3.8) is 0 Å². The van der Waals surface area contributed by atoms with E-state index in [1.54, 1.807) is 0 Å². The Morgan fingerprint density at radius 3 is 1.86 bits per heavy atom. The van der Waals surface area contributed by atoms with Crippen molar-refractivity contribution in [1.29, 1.82) is 0 Å². The molecule has 0 atom stereocenters. The normalized spacial score (nSPS) is 10.6. The maximum absolute atomic E-state index is 11.8. The van der Waals surface area contributed by atoms with Crippen LogP contribution in [0.2, 0.25) is 0 Å². The van der Waals surface area contributed by atoms with Gasteiger partial charge in [-0.05, 0) is 12.8 Å². The van der Waals surface area contributed by atoms with E-state index in [1.807, 2.05) is 13.8 Å². The van der Waals surface area contributed by atoms with E-state index < -0.39 is 0 Å². The number of carbonyl (C=O) groups excluding carboxylic acids is 1. The first-order valence-electron chi connectivity index (χ1n) is 5.21. The summed E-state index contributed by atoms with van der Waals surface area (Å²) in [5.74, 6) is 0.0613. The van der Waals surface area contributed by atoms with Crippen molar-refractivity contribution < 1.29 is 15.0 Å². The van der Waals surface area contributed by atoms with E-state index in [2.05, 4.69) is 0 Å². The van der Waals surface area contributed by atoms with Crippen LogP contribution in [-0.2, 0) is 4.79 Å². The van der Waals surface area contributed by atoms with Gasteiger partial charge in [-0.3, -0.25) is 4.79 Å². The summed E-state index contributed by atoms with van der Waals surface area (Å²) < 4.78 is 0. The highest BCUT2D eigenvalue weighted by atomic mass is 16.3. The third-order valence-corrected chi connectivity index (χ3v) is 2.39. The van der Waals surface area contributed by atoms with Crippen molar-refractivity contribution in [1.82, 2.24) is 4.90 Å². The van der Waals surface area contributed by atoms with Crippen LogP contribution in [0, 0.1) is 5.92 Å². The lowest BCUT2D eigenvalue weighted by atomic mass is 10.0. The maximum Gasteiger partial charge on any atom is 0.225 e. The molecule has 4 nitrogen and oxygen atoms in total. The van der Waals surface area contributed by atoms with Gasteiger partial charge in [0.2, 0.25) is 5.91 Å². The second-order valence-electron chi connectivity index (χ2n) is 3.29. The van der Waals surface area contributed by atoms with Crippen molar-refractivity contribution in [2.75, 3.05) is 26.3 Å². The molecule has 0 aliphatic rings. The lowest BCUT2D eigenvalue weighted by Gasteiger charge is -2.24. The minimum Gasteiger partial charge on any atom is -0.395 e. The minimum absolute atomic E-state index is 0.0214. The van der Waals surface area contributed by atoms with Crippen LogP contribution in [0.15, 0.2) is 0 Å². The summed E-state index contributed by atoms with van der Waals surface area (Å²) in [6.07, 6.45) is 1.62. The quantitative estimate of drug-likeness (QED) is 0.623. The predicted octanol–water partition coefficient (Wildman–Crippen LogP) is 0.236. The fourth-order valence-electron chi connectivity index (χ4n) is 1.47. The summed E-state index contributed by atoms with van der Waals surface area (Å²) in [7, 11) is 0. The smallest absolute Gasteiger partial charge is 0.225 e. The highest BCUT2D eigenvalue weighted by Crippen LogP contribution is 2.11. The Balaban J connectivity index is 4.24. The standard InChI is InChI=1S/C10H21NO3/c1-3-9(4-2)10(14)11(5-7-12)6-8-13/h9,12-13H,3-8H2,1-2H3. The third-order valence-electron chi connectivity index (χ3n) is 2.39. The summed E-state index contributed by atoms with van der Waals surface area (Å²) in [5, 5.41) is 17.5. The van der Waals surface area contributed by atoms with Gasteiger partial charge < -0.3 is 15.1 Å². The summed E-state index contributed by atoms with van der Waals surface area (Å²) >= 11 is 0. The Bertz CT molecular complexity index is 151. The van der Waals surface area contributed by atoms with Crippen LogP contribution in [0.4, 0.5) is 0 Å². The summed E-state index contributed by atoms with van der Waals surface area (Å²) in [4.78, 5) is 13.3. The largest absolute Gasteiger partial charge is 0.395 e. The number of aliphatic hydroxyl groups is 2. The Kier molecular flexibility index (Phi) is 7.42. The Labute approximate surface area is 85.5 Å². The molecule has 0 aromatic carbocycles. The van der Waals surface area contributed by atoms with E-state index in [0.717, 1.165) is 12.8 Å². The average molecular weight is 203 g/mol. The molecule has 0 radical (unpaired) electrons. The molecule has 0 saturated carbocycles. The van der Waals surface area contributed by atoms with Gasteiger partial charge >= 0.3 is 0 Å². The molecule has 0 saturated heterocycles. The second kappa shape index (κ2) is 7.76. The van der Waals surface area contributed by atoms with E-state index in [-0.39, 0.29) is 25.0 Å². The number of nitrogens with zero attached hydrogens (tertiary/aromatic N) is 1. The summed E-state index contributed by atoms with van der Waals surface area (Å²) in [6, 6.07) is 0. The molecule has 0 aromatic heterocycles. The number of aliphatic hydroxyl groups excluding tert-OH is 2. The van der Waals surface area contributed by atoms with Gasteiger partial charge in [-0.25, -0.2) is 0 Å². The predicted molar refractivity (Wildman–Crippen MR) is 54.8 cm³/mol. The summed E-state index contributed by atoms with van der Waals surface area (Å²) in [6.45, 7) is 4.48.